The number of carbonyl (C=O) groups is 1. The van der Waals surface area contributed by atoms with Crippen molar-refractivity contribution in [1.82, 2.24) is 0 Å². The van der Waals surface area contributed by atoms with Gasteiger partial charge in [-0.05, 0) is 0 Å². The number of aliphatic carboxylic acids is 1. The Hall–Kier alpha value is -1.94. The Morgan fingerprint density at radius 2 is 2.06 bits per heavy atom. The summed E-state index contributed by atoms with van der Waals surface area (Å²) in [6, 6.07) is 0. The second-order valence-electron chi connectivity index (χ2n) is 2.30. The molecule has 0 radical (unpaired) electrons. The second-order valence-corrected chi connectivity index (χ2v) is 3.77. The number of rotatable bonds is 1. The van der Waals surface area contributed by atoms with Crippen LogP contribution in [-0.4, -0.2) is 29.3 Å². The third kappa shape index (κ3) is 16.7. The Morgan fingerprint density at radius 1 is 1.65 bits per heavy atom. The molecule has 1 unspecified atom stereocenters. The monoisotopic (exact) mass is 264 g/mol. The first-order valence-electron chi connectivity index (χ1n) is 4.07. The summed E-state index contributed by atoms with van der Waals surface area (Å²) in [5.41, 5.74) is 14.3. The van der Waals surface area contributed by atoms with E-state index in [0.717, 1.165) is 6.92 Å². The fraction of sp³-hybridized carbons (Fsp3) is 0.286. The molecule has 0 aliphatic carbocycles. The van der Waals surface area contributed by atoms with Crippen LogP contribution in [0.3, 0.4) is 0 Å². The van der Waals surface area contributed by atoms with E-state index in [0.29, 0.717) is 5.17 Å². The maximum Gasteiger partial charge on any atom is 0.300 e. The molecule has 0 amide bonds. The summed E-state index contributed by atoms with van der Waals surface area (Å²) in [6.07, 6.45) is 1.63. The van der Waals surface area contributed by atoms with Crippen LogP contribution in [0.1, 0.15) is 6.92 Å². The molecular weight excluding hydrogens is 248 g/mol. The van der Waals surface area contributed by atoms with Crippen LogP contribution in [0.2, 0.25) is 0 Å². The van der Waals surface area contributed by atoms with Gasteiger partial charge in [0.2, 0.25) is 0 Å². The van der Waals surface area contributed by atoms with Gasteiger partial charge in [0, 0.05) is 29.2 Å². The van der Waals surface area contributed by atoms with Crippen LogP contribution in [0.25, 0.3) is 0 Å². The van der Waals surface area contributed by atoms with Crippen LogP contribution in [0.4, 0.5) is 0 Å². The number of nitrogens with one attached hydrogen (secondary N) is 1. The highest BCUT2D eigenvalue weighted by Gasteiger charge is 2.01. The predicted molar refractivity (Wildman–Crippen MR) is 67.0 cm³/mol. The maximum absolute atomic E-state index is 9.00. The van der Waals surface area contributed by atoms with Crippen LogP contribution in [0.5, 0.6) is 0 Å². The normalized spacial score (nSPS) is 16.1. The van der Waals surface area contributed by atoms with E-state index in [1.54, 1.807) is 11.6 Å². The smallest absolute Gasteiger partial charge is 0.300 e. The van der Waals surface area contributed by atoms with E-state index in [2.05, 4.69) is 25.8 Å². The SMILES string of the molecule is CC(=O)O.CON=S1C=CN=C1N.N=C(N)N. The molecule has 0 aromatic heterocycles. The predicted octanol–water partition coefficient (Wildman–Crippen LogP) is -0.921. The minimum absolute atomic E-state index is 0.333. The number of guanidine groups is 1. The lowest BCUT2D eigenvalue weighted by Gasteiger charge is -1.91. The Balaban J connectivity index is 0. The summed E-state index contributed by atoms with van der Waals surface area (Å²) in [4.78, 5) is 17.3. The molecule has 10 heteroatoms. The van der Waals surface area contributed by atoms with Gasteiger partial charge in [0.15, 0.2) is 11.1 Å². The van der Waals surface area contributed by atoms with Crippen LogP contribution >= 0.6 is 0 Å². The van der Waals surface area contributed by atoms with E-state index in [4.69, 9.17) is 21.0 Å². The van der Waals surface area contributed by atoms with Gasteiger partial charge in [-0.1, -0.05) is 4.53 Å². The molecule has 0 aromatic carbocycles. The number of hydrogen-bond acceptors (Lipinski definition) is 6. The molecule has 9 nitrogen and oxygen atoms in total. The summed E-state index contributed by atoms with van der Waals surface area (Å²) >= 11 is 0. The summed E-state index contributed by atoms with van der Waals surface area (Å²) in [5.74, 6) is -1.17. The fourth-order valence-corrected chi connectivity index (χ4v) is 1.20. The third-order valence-corrected chi connectivity index (χ3v) is 1.98. The zero-order valence-electron chi connectivity index (χ0n) is 9.45. The Labute approximate surface area is 101 Å². The highest BCUT2D eigenvalue weighted by Crippen LogP contribution is 1.99. The third-order valence-electron chi connectivity index (χ3n) is 0.761. The van der Waals surface area contributed by atoms with Crippen molar-refractivity contribution in [2.24, 2.45) is 26.7 Å². The molecule has 0 saturated heterocycles. The lowest BCUT2D eigenvalue weighted by atomic mass is 10.9. The zero-order valence-corrected chi connectivity index (χ0v) is 10.3. The van der Waals surface area contributed by atoms with E-state index < -0.39 is 16.7 Å². The number of amidine groups is 1. The number of carboxylic acids is 1. The molecule has 0 saturated carbocycles. The number of aliphatic imine (C=N–C) groups is 1. The molecule has 0 spiro atoms. The molecule has 1 aliphatic heterocycles. The summed E-state index contributed by atoms with van der Waals surface area (Å²) < 4.78 is 3.69. The first-order valence-corrected chi connectivity index (χ1v) is 5.32. The molecule has 1 rings (SSSR count). The van der Waals surface area contributed by atoms with Crippen LogP contribution in [-0.2, 0) is 20.3 Å². The number of nitrogens with zero attached hydrogens (tertiary/aromatic N) is 2. The number of nitrogens with two attached hydrogens (primary N) is 3. The molecule has 17 heavy (non-hydrogen) atoms. The van der Waals surface area contributed by atoms with Gasteiger partial charge in [0.25, 0.3) is 5.97 Å². The molecule has 1 heterocycles. The van der Waals surface area contributed by atoms with Gasteiger partial charge < -0.3 is 22.3 Å². The quantitative estimate of drug-likeness (QED) is 0.232. The first kappa shape index (κ1) is 17.5. The standard InChI is InChI=1S/C4H7N3OS.C2H4O2.CH5N3/c1-8-7-9-3-2-6-4(9)5;1-2(3)4;2-1(3)4/h2-3H,1H3,(H2,5,6);1H3,(H,3,4);(H5,2,3,4). The van der Waals surface area contributed by atoms with Crippen molar-refractivity contribution in [2.45, 2.75) is 6.92 Å². The molecular formula is C7H16N6O3S. The van der Waals surface area contributed by atoms with E-state index >= 15 is 0 Å². The largest absolute Gasteiger partial charge is 0.481 e. The molecule has 98 valence electrons. The van der Waals surface area contributed by atoms with Crippen LogP contribution < -0.4 is 17.2 Å². The van der Waals surface area contributed by atoms with Gasteiger partial charge in [-0.2, -0.15) is 0 Å². The van der Waals surface area contributed by atoms with Gasteiger partial charge in [-0.3, -0.25) is 10.2 Å². The van der Waals surface area contributed by atoms with E-state index in [-0.39, 0.29) is 5.96 Å². The summed E-state index contributed by atoms with van der Waals surface area (Å²) in [7, 11) is 1.07. The Bertz CT molecular complexity index is 332. The fourth-order valence-electron chi connectivity index (χ4n) is 0.429. The first-order chi connectivity index (χ1) is 7.81. The van der Waals surface area contributed by atoms with Crippen molar-refractivity contribution < 1.29 is 14.7 Å². The van der Waals surface area contributed by atoms with Crippen molar-refractivity contribution in [3.8, 4) is 0 Å². The highest BCUT2D eigenvalue weighted by molar-refractivity contribution is 8.05. The molecule has 0 aromatic rings. The molecule has 1 atom stereocenters. The van der Waals surface area contributed by atoms with Gasteiger partial charge in [-0.15, -0.1) is 0 Å². The van der Waals surface area contributed by atoms with E-state index in [1.165, 1.54) is 7.11 Å². The molecule has 0 fully saturated rings. The van der Waals surface area contributed by atoms with Gasteiger partial charge in [0.1, 0.15) is 0 Å². The van der Waals surface area contributed by atoms with Gasteiger partial charge in [-0.25, -0.2) is 9.83 Å². The lowest BCUT2D eigenvalue weighted by Crippen LogP contribution is -2.20. The lowest BCUT2D eigenvalue weighted by molar-refractivity contribution is -0.134. The summed E-state index contributed by atoms with van der Waals surface area (Å²) in [6.45, 7) is 1.08. The molecule has 0 bridgehead atoms. The van der Waals surface area contributed by atoms with Crippen molar-refractivity contribution >= 4 is 27.8 Å². The van der Waals surface area contributed by atoms with Crippen molar-refractivity contribution in [3.63, 3.8) is 0 Å². The van der Waals surface area contributed by atoms with Crippen LogP contribution in [0.15, 0.2) is 21.1 Å². The van der Waals surface area contributed by atoms with Crippen molar-refractivity contribution in [2.75, 3.05) is 7.11 Å². The zero-order chi connectivity index (χ0) is 13.8. The Kier molecular flexibility index (Phi) is 10.9. The highest BCUT2D eigenvalue weighted by atomic mass is 32.2. The number of carboxylic acid groups (broad SMARTS) is 1. The summed E-state index contributed by atoms with van der Waals surface area (Å²) in [5, 5.41) is 15.8. The Morgan fingerprint density at radius 3 is 2.29 bits per heavy atom. The second kappa shape index (κ2) is 10.6. The van der Waals surface area contributed by atoms with E-state index in [1.807, 2.05) is 0 Å². The molecule has 1 aliphatic rings. The number of hydrogen-bond donors (Lipinski definition) is 5. The average Bonchev–Trinajstić information content (AvgIpc) is 2.50. The minimum Gasteiger partial charge on any atom is -0.481 e. The maximum atomic E-state index is 9.00. The minimum atomic E-state index is -0.833. The van der Waals surface area contributed by atoms with Gasteiger partial charge >= 0.3 is 0 Å². The van der Waals surface area contributed by atoms with Crippen LogP contribution in [0, 0.1) is 5.41 Å². The van der Waals surface area contributed by atoms with Crippen molar-refractivity contribution in [1.29, 1.82) is 5.41 Å². The average molecular weight is 264 g/mol. The van der Waals surface area contributed by atoms with Crippen molar-refractivity contribution in [3.05, 3.63) is 11.6 Å². The molecule has 8 N–H and O–H groups in total. The van der Waals surface area contributed by atoms with Gasteiger partial charge in [0.05, 0.1) is 7.11 Å². The van der Waals surface area contributed by atoms with E-state index in [9.17, 15) is 0 Å². The topological polar surface area (TPSA) is 173 Å².